The van der Waals surface area contributed by atoms with E-state index in [2.05, 4.69) is 25.6 Å². The number of nitrogens with zero attached hydrogens (tertiary/aromatic N) is 4. The lowest BCUT2D eigenvalue weighted by atomic mass is 10.0. The number of benzene rings is 1. The molecule has 4 rings (SSSR count). The van der Waals surface area contributed by atoms with Crippen molar-refractivity contribution < 1.29 is 9.18 Å². The lowest BCUT2D eigenvalue weighted by molar-refractivity contribution is 0.252. The molecule has 1 aliphatic heterocycles. The van der Waals surface area contributed by atoms with Crippen LogP contribution in [0.2, 0.25) is 0 Å². The molecule has 2 N–H and O–H groups in total. The average molecular weight is 403 g/mol. The van der Waals surface area contributed by atoms with E-state index in [1.807, 2.05) is 18.2 Å². The average Bonchev–Trinajstić information content (AvgIpc) is 3.33. The Morgan fingerprint density at radius 3 is 3.04 bits per heavy atom. The molecule has 0 spiro atoms. The molecule has 9 heteroatoms. The first-order valence-corrected chi connectivity index (χ1v) is 9.67. The van der Waals surface area contributed by atoms with Gasteiger partial charge in [-0.05, 0) is 42.7 Å². The molecule has 3 aromatic rings. The molecule has 1 aliphatic rings. The highest BCUT2D eigenvalue weighted by molar-refractivity contribution is 6.18. The smallest absolute Gasteiger partial charge is 0.320 e. The minimum Gasteiger partial charge on any atom is -0.348 e. The third-order valence-corrected chi connectivity index (χ3v) is 4.94. The maximum absolute atomic E-state index is 13.7. The van der Waals surface area contributed by atoms with Gasteiger partial charge < -0.3 is 10.2 Å². The molecule has 0 saturated carbocycles. The third kappa shape index (κ3) is 3.73. The van der Waals surface area contributed by atoms with Crippen LogP contribution in [-0.4, -0.2) is 39.6 Å². The fourth-order valence-electron chi connectivity index (χ4n) is 3.52. The summed E-state index contributed by atoms with van der Waals surface area (Å²) in [6, 6.07) is 10.1. The fourth-order valence-corrected chi connectivity index (χ4v) is 3.62. The summed E-state index contributed by atoms with van der Waals surface area (Å²) in [5, 5.41) is 10.0. The summed E-state index contributed by atoms with van der Waals surface area (Å²) in [5.41, 5.74) is 1.56. The van der Waals surface area contributed by atoms with Crippen molar-refractivity contribution in [1.82, 2.24) is 19.9 Å². The molecule has 1 saturated heterocycles. The summed E-state index contributed by atoms with van der Waals surface area (Å²) in [6.45, 7) is 1.19. The van der Waals surface area contributed by atoms with Crippen molar-refractivity contribution in [2.45, 2.75) is 18.9 Å². The van der Waals surface area contributed by atoms with Crippen molar-refractivity contribution in [3.63, 3.8) is 0 Å². The van der Waals surface area contributed by atoms with Gasteiger partial charge in [-0.3, -0.25) is 5.32 Å². The molecule has 1 fully saturated rings. The molecule has 2 aromatic heterocycles. The molecule has 3 heterocycles. The molecule has 0 radical (unpaired) electrons. The number of carbonyl (C=O) groups is 1. The van der Waals surface area contributed by atoms with Gasteiger partial charge in [-0.2, -0.15) is 4.52 Å². The topological polar surface area (TPSA) is 74.6 Å². The second kappa shape index (κ2) is 8.02. The Morgan fingerprint density at radius 1 is 1.32 bits per heavy atom. The molecule has 7 nitrogen and oxygen atoms in total. The Labute approximate surface area is 166 Å². The number of hydrogen-bond acceptors (Lipinski definition) is 4. The summed E-state index contributed by atoms with van der Waals surface area (Å²) in [5.74, 6) is 1.31. The first-order chi connectivity index (χ1) is 13.7. The number of halogens is 2. The van der Waals surface area contributed by atoms with Crippen molar-refractivity contribution in [2.24, 2.45) is 0 Å². The van der Waals surface area contributed by atoms with E-state index in [0.717, 1.165) is 30.8 Å². The van der Waals surface area contributed by atoms with Gasteiger partial charge in [0.15, 0.2) is 11.5 Å². The minimum absolute atomic E-state index is 0.0626. The van der Waals surface area contributed by atoms with E-state index in [0.29, 0.717) is 23.9 Å². The molecule has 146 valence electrons. The van der Waals surface area contributed by atoms with Crippen LogP contribution in [0, 0.1) is 5.82 Å². The Hall–Kier alpha value is -2.87. The SMILES string of the molecule is O=C(NCCCl)Nc1cnc2ccc(N3CCCC3c3cccc(F)c3)nn12. The van der Waals surface area contributed by atoms with E-state index in [4.69, 9.17) is 11.6 Å². The number of amides is 2. The maximum atomic E-state index is 13.7. The van der Waals surface area contributed by atoms with Crippen LogP contribution >= 0.6 is 11.6 Å². The van der Waals surface area contributed by atoms with Gasteiger partial charge in [0.2, 0.25) is 0 Å². The largest absolute Gasteiger partial charge is 0.348 e. The number of carbonyl (C=O) groups excluding carboxylic acids is 1. The predicted octanol–water partition coefficient (Wildman–Crippen LogP) is 3.57. The van der Waals surface area contributed by atoms with Crippen LogP contribution in [0.25, 0.3) is 5.65 Å². The summed E-state index contributed by atoms with van der Waals surface area (Å²) >= 11 is 5.59. The molecule has 2 amide bonds. The lowest BCUT2D eigenvalue weighted by Gasteiger charge is -2.26. The van der Waals surface area contributed by atoms with Crippen LogP contribution in [-0.2, 0) is 0 Å². The van der Waals surface area contributed by atoms with Crippen LogP contribution in [0.1, 0.15) is 24.4 Å². The number of aromatic nitrogens is 3. The Balaban J connectivity index is 1.61. The zero-order chi connectivity index (χ0) is 19.5. The molecule has 28 heavy (non-hydrogen) atoms. The molecule has 0 aliphatic carbocycles. The van der Waals surface area contributed by atoms with Crippen molar-refractivity contribution in [1.29, 1.82) is 0 Å². The summed E-state index contributed by atoms with van der Waals surface area (Å²) in [7, 11) is 0. The number of hydrogen-bond donors (Lipinski definition) is 2. The van der Waals surface area contributed by atoms with Crippen molar-refractivity contribution in [3.05, 3.63) is 54.0 Å². The summed E-state index contributed by atoms with van der Waals surface area (Å²) in [4.78, 5) is 18.4. The van der Waals surface area contributed by atoms with Crippen molar-refractivity contribution in [3.8, 4) is 0 Å². The highest BCUT2D eigenvalue weighted by atomic mass is 35.5. The number of imidazole rings is 1. The zero-order valence-electron chi connectivity index (χ0n) is 15.1. The van der Waals surface area contributed by atoms with Gasteiger partial charge in [-0.25, -0.2) is 14.2 Å². The second-order valence-electron chi connectivity index (χ2n) is 6.58. The molecule has 1 unspecified atom stereocenters. The molecule has 1 aromatic carbocycles. The Morgan fingerprint density at radius 2 is 2.21 bits per heavy atom. The number of urea groups is 1. The van der Waals surface area contributed by atoms with E-state index in [1.165, 1.54) is 6.07 Å². The molecule has 1 atom stereocenters. The first-order valence-electron chi connectivity index (χ1n) is 9.13. The first kappa shape index (κ1) is 18.5. The van der Waals surface area contributed by atoms with Gasteiger partial charge in [0, 0.05) is 19.0 Å². The minimum atomic E-state index is -0.367. The number of rotatable bonds is 5. The summed E-state index contributed by atoms with van der Waals surface area (Å²) in [6.07, 6.45) is 3.48. The highest BCUT2D eigenvalue weighted by Crippen LogP contribution is 2.35. The van der Waals surface area contributed by atoms with Gasteiger partial charge >= 0.3 is 6.03 Å². The van der Waals surface area contributed by atoms with Crippen molar-refractivity contribution >= 4 is 34.9 Å². The monoisotopic (exact) mass is 402 g/mol. The maximum Gasteiger partial charge on any atom is 0.320 e. The van der Waals surface area contributed by atoms with Crippen molar-refractivity contribution in [2.75, 3.05) is 29.2 Å². The van der Waals surface area contributed by atoms with E-state index in [1.54, 1.807) is 22.8 Å². The van der Waals surface area contributed by atoms with E-state index in [-0.39, 0.29) is 17.9 Å². The van der Waals surface area contributed by atoms with Gasteiger partial charge in [0.25, 0.3) is 0 Å². The fraction of sp³-hybridized carbons (Fsp3) is 0.316. The normalized spacial score (nSPS) is 16.5. The number of anilines is 2. The Bertz CT molecular complexity index is 993. The highest BCUT2D eigenvalue weighted by Gasteiger charge is 2.28. The van der Waals surface area contributed by atoms with Gasteiger partial charge in [-0.1, -0.05) is 12.1 Å². The number of fused-ring (bicyclic) bond motifs is 1. The third-order valence-electron chi connectivity index (χ3n) is 4.75. The van der Waals surface area contributed by atoms with Gasteiger partial charge in [-0.15, -0.1) is 16.7 Å². The number of nitrogens with one attached hydrogen (secondary N) is 2. The van der Waals surface area contributed by atoms with Crippen LogP contribution in [0.4, 0.5) is 20.8 Å². The van der Waals surface area contributed by atoms with Gasteiger partial charge in [0.05, 0.1) is 12.2 Å². The number of alkyl halides is 1. The zero-order valence-corrected chi connectivity index (χ0v) is 15.9. The molecular weight excluding hydrogens is 383 g/mol. The van der Waals surface area contributed by atoms with Crippen LogP contribution < -0.4 is 15.5 Å². The van der Waals surface area contributed by atoms with E-state index >= 15 is 0 Å². The van der Waals surface area contributed by atoms with E-state index < -0.39 is 0 Å². The predicted molar refractivity (Wildman–Crippen MR) is 106 cm³/mol. The quantitative estimate of drug-likeness (QED) is 0.640. The molecule has 0 bridgehead atoms. The second-order valence-corrected chi connectivity index (χ2v) is 6.96. The standard InChI is InChI=1S/C19H20ClFN6O/c20-8-9-22-19(28)24-18-12-23-16-6-7-17(25-27(16)18)26-10-2-5-15(26)13-3-1-4-14(21)11-13/h1,3-4,6-7,11-12,15H,2,5,8-10H2,(H2,22,24,28). The van der Waals surface area contributed by atoms with Gasteiger partial charge in [0.1, 0.15) is 11.6 Å². The van der Waals surface area contributed by atoms with Crippen LogP contribution in [0.3, 0.4) is 0 Å². The van der Waals surface area contributed by atoms with Crippen LogP contribution in [0.5, 0.6) is 0 Å². The summed E-state index contributed by atoms with van der Waals surface area (Å²) < 4.78 is 15.3. The van der Waals surface area contributed by atoms with Crippen LogP contribution in [0.15, 0.2) is 42.6 Å². The van der Waals surface area contributed by atoms with E-state index in [9.17, 15) is 9.18 Å². The molecular formula is C19H20ClFN6O. The lowest BCUT2D eigenvalue weighted by Crippen LogP contribution is -2.30. The Kier molecular flexibility index (Phi) is 5.29.